The highest BCUT2D eigenvalue weighted by molar-refractivity contribution is 5.77. The van der Waals surface area contributed by atoms with Crippen molar-refractivity contribution in [1.29, 1.82) is 0 Å². The molecule has 1 atom stereocenters. The van der Waals surface area contributed by atoms with Gasteiger partial charge in [-0.05, 0) is 43.7 Å². The van der Waals surface area contributed by atoms with E-state index in [9.17, 15) is 4.79 Å². The molecule has 1 aromatic heterocycles. The predicted molar refractivity (Wildman–Crippen MR) is 112 cm³/mol. The monoisotopic (exact) mass is 380 g/mol. The lowest BCUT2D eigenvalue weighted by Crippen LogP contribution is -2.40. The summed E-state index contributed by atoms with van der Waals surface area (Å²) in [5.41, 5.74) is 10.5. The molecule has 150 valence electrons. The molecule has 2 aromatic rings. The van der Waals surface area contributed by atoms with Crippen LogP contribution < -0.4 is 5.73 Å². The lowest BCUT2D eigenvalue weighted by molar-refractivity contribution is -0.123. The maximum atomic E-state index is 11.6. The van der Waals surface area contributed by atoms with Crippen molar-refractivity contribution in [2.75, 3.05) is 13.1 Å². The van der Waals surface area contributed by atoms with Crippen LogP contribution in [0.4, 0.5) is 0 Å². The van der Waals surface area contributed by atoms with Crippen molar-refractivity contribution >= 4 is 5.91 Å². The number of nitrogens with two attached hydrogens (primary N) is 1. The van der Waals surface area contributed by atoms with Gasteiger partial charge in [-0.1, -0.05) is 43.5 Å². The molecule has 2 N–H and O–H groups in total. The Morgan fingerprint density at radius 3 is 2.57 bits per heavy atom. The predicted octanol–water partition coefficient (Wildman–Crippen LogP) is 3.83. The SMILES string of the molecule is Cn1cc(CN2CCCC(C(N)=O)C2)c(-c2ccc(C3CCCCC3)cc2)n1. The number of likely N-dealkylation sites (tertiary alicyclic amines) is 1. The Morgan fingerprint density at radius 2 is 1.86 bits per heavy atom. The first-order chi connectivity index (χ1) is 13.6. The lowest BCUT2D eigenvalue weighted by atomic mass is 9.84. The number of amides is 1. The zero-order valence-corrected chi connectivity index (χ0v) is 16.9. The van der Waals surface area contributed by atoms with E-state index in [1.807, 2.05) is 11.7 Å². The second-order valence-corrected chi connectivity index (χ2v) is 8.61. The molecule has 1 aliphatic heterocycles. The number of carbonyl (C=O) groups excluding carboxylic acids is 1. The van der Waals surface area contributed by atoms with E-state index in [1.165, 1.54) is 48.8 Å². The maximum Gasteiger partial charge on any atom is 0.221 e. The van der Waals surface area contributed by atoms with E-state index in [-0.39, 0.29) is 11.8 Å². The summed E-state index contributed by atoms with van der Waals surface area (Å²) in [6.07, 6.45) is 10.8. The third-order valence-electron chi connectivity index (χ3n) is 6.47. The molecule has 1 saturated heterocycles. The average molecular weight is 381 g/mol. The van der Waals surface area contributed by atoms with E-state index >= 15 is 0 Å². The molecule has 1 amide bonds. The Morgan fingerprint density at radius 1 is 1.11 bits per heavy atom. The molecule has 5 heteroatoms. The fourth-order valence-corrected chi connectivity index (χ4v) is 4.92. The van der Waals surface area contributed by atoms with Crippen LogP contribution in [-0.4, -0.2) is 33.7 Å². The van der Waals surface area contributed by atoms with E-state index in [0.29, 0.717) is 0 Å². The summed E-state index contributed by atoms with van der Waals surface area (Å²) >= 11 is 0. The van der Waals surface area contributed by atoms with Gasteiger partial charge in [0, 0.05) is 37.5 Å². The molecule has 2 aliphatic rings. The third kappa shape index (κ3) is 4.30. The number of hydrogen-bond donors (Lipinski definition) is 1. The summed E-state index contributed by atoms with van der Waals surface area (Å²) < 4.78 is 1.90. The second kappa shape index (κ2) is 8.48. The third-order valence-corrected chi connectivity index (χ3v) is 6.47. The highest BCUT2D eigenvalue weighted by Crippen LogP contribution is 2.34. The van der Waals surface area contributed by atoms with Crippen molar-refractivity contribution in [2.24, 2.45) is 18.7 Å². The lowest BCUT2D eigenvalue weighted by Gasteiger charge is -2.31. The number of aromatic nitrogens is 2. The van der Waals surface area contributed by atoms with Crippen molar-refractivity contribution < 1.29 is 4.79 Å². The van der Waals surface area contributed by atoms with Gasteiger partial charge in [0.2, 0.25) is 5.91 Å². The van der Waals surface area contributed by atoms with Crippen LogP contribution >= 0.6 is 0 Å². The van der Waals surface area contributed by atoms with Crippen LogP contribution in [0, 0.1) is 5.92 Å². The number of rotatable bonds is 5. The van der Waals surface area contributed by atoms with E-state index in [2.05, 4.69) is 35.4 Å². The Bertz CT molecular complexity index is 805. The van der Waals surface area contributed by atoms with Gasteiger partial charge in [0.05, 0.1) is 11.6 Å². The van der Waals surface area contributed by atoms with Gasteiger partial charge >= 0.3 is 0 Å². The quantitative estimate of drug-likeness (QED) is 0.857. The number of aryl methyl sites for hydroxylation is 1. The fourth-order valence-electron chi connectivity index (χ4n) is 4.92. The van der Waals surface area contributed by atoms with Gasteiger partial charge in [-0.15, -0.1) is 0 Å². The normalized spacial score (nSPS) is 21.7. The van der Waals surface area contributed by atoms with Gasteiger partial charge in [0.25, 0.3) is 0 Å². The smallest absolute Gasteiger partial charge is 0.221 e. The highest BCUT2D eigenvalue weighted by Gasteiger charge is 2.25. The summed E-state index contributed by atoms with van der Waals surface area (Å²) in [4.78, 5) is 13.9. The number of primary amides is 1. The molecule has 28 heavy (non-hydrogen) atoms. The van der Waals surface area contributed by atoms with Crippen molar-refractivity contribution in [3.63, 3.8) is 0 Å². The highest BCUT2D eigenvalue weighted by atomic mass is 16.1. The minimum Gasteiger partial charge on any atom is -0.369 e. The molecule has 0 spiro atoms. The summed E-state index contributed by atoms with van der Waals surface area (Å²) in [6, 6.07) is 9.07. The van der Waals surface area contributed by atoms with Crippen molar-refractivity contribution in [3.8, 4) is 11.3 Å². The van der Waals surface area contributed by atoms with E-state index in [4.69, 9.17) is 10.8 Å². The summed E-state index contributed by atoms with van der Waals surface area (Å²) in [5.74, 6) is 0.531. The first-order valence-corrected chi connectivity index (χ1v) is 10.7. The molecular formula is C23H32N4O. The van der Waals surface area contributed by atoms with Crippen molar-refractivity contribution in [3.05, 3.63) is 41.6 Å². The Hall–Kier alpha value is -2.14. The topological polar surface area (TPSA) is 64.2 Å². The molecule has 4 rings (SSSR count). The Balaban J connectivity index is 1.50. The molecule has 5 nitrogen and oxygen atoms in total. The number of carbonyl (C=O) groups is 1. The molecule has 1 aliphatic carbocycles. The van der Waals surface area contributed by atoms with Crippen LogP contribution in [0.25, 0.3) is 11.3 Å². The van der Waals surface area contributed by atoms with Crippen LogP contribution in [0.2, 0.25) is 0 Å². The Labute approximate surface area is 167 Å². The largest absolute Gasteiger partial charge is 0.369 e. The van der Waals surface area contributed by atoms with Crippen LogP contribution in [0.5, 0.6) is 0 Å². The summed E-state index contributed by atoms with van der Waals surface area (Å²) in [7, 11) is 1.98. The number of nitrogens with zero attached hydrogens (tertiary/aromatic N) is 3. The number of piperidine rings is 1. The summed E-state index contributed by atoms with van der Waals surface area (Å²) in [5, 5.41) is 4.74. The maximum absolute atomic E-state index is 11.6. The average Bonchev–Trinajstić information content (AvgIpc) is 3.09. The van der Waals surface area contributed by atoms with Crippen LogP contribution in [0.15, 0.2) is 30.5 Å². The zero-order valence-electron chi connectivity index (χ0n) is 16.9. The Kier molecular flexibility index (Phi) is 5.81. The molecular weight excluding hydrogens is 348 g/mol. The van der Waals surface area contributed by atoms with Gasteiger partial charge < -0.3 is 5.73 Å². The van der Waals surface area contributed by atoms with E-state index < -0.39 is 0 Å². The molecule has 2 fully saturated rings. The molecule has 0 bridgehead atoms. The van der Waals surface area contributed by atoms with Gasteiger partial charge in [0.1, 0.15) is 0 Å². The van der Waals surface area contributed by atoms with Gasteiger partial charge in [-0.25, -0.2) is 0 Å². The molecule has 2 heterocycles. The van der Waals surface area contributed by atoms with Crippen molar-refractivity contribution in [2.45, 2.75) is 57.4 Å². The first kappa shape index (κ1) is 19.2. The van der Waals surface area contributed by atoms with Crippen LogP contribution in [-0.2, 0) is 18.4 Å². The summed E-state index contributed by atoms with van der Waals surface area (Å²) in [6.45, 7) is 2.58. The standard InChI is InChI=1S/C23H32N4O/c1-26-14-21(16-27-13-5-8-20(15-27)23(24)28)22(25-26)19-11-9-18(10-12-19)17-6-3-2-4-7-17/h9-12,14,17,20H,2-8,13,15-16H2,1H3,(H2,24,28). The zero-order chi connectivity index (χ0) is 19.5. The molecule has 1 unspecified atom stereocenters. The molecule has 0 radical (unpaired) electrons. The minimum atomic E-state index is -0.172. The number of benzene rings is 1. The van der Waals surface area contributed by atoms with Gasteiger partial charge in [-0.2, -0.15) is 5.10 Å². The van der Waals surface area contributed by atoms with E-state index in [1.54, 1.807) is 0 Å². The molecule has 1 aromatic carbocycles. The molecule has 1 saturated carbocycles. The minimum absolute atomic E-state index is 0.0244. The van der Waals surface area contributed by atoms with Crippen molar-refractivity contribution in [1.82, 2.24) is 14.7 Å². The first-order valence-electron chi connectivity index (χ1n) is 10.7. The number of hydrogen-bond acceptors (Lipinski definition) is 3. The van der Waals surface area contributed by atoms with Crippen LogP contribution in [0.3, 0.4) is 0 Å². The van der Waals surface area contributed by atoms with Crippen LogP contribution in [0.1, 0.15) is 62.0 Å². The van der Waals surface area contributed by atoms with Gasteiger partial charge in [-0.3, -0.25) is 14.4 Å². The second-order valence-electron chi connectivity index (χ2n) is 8.61. The fraction of sp³-hybridized carbons (Fsp3) is 0.565. The van der Waals surface area contributed by atoms with E-state index in [0.717, 1.165) is 44.1 Å². The van der Waals surface area contributed by atoms with Gasteiger partial charge in [0.15, 0.2) is 0 Å².